The van der Waals surface area contributed by atoms with E-state index < -0.39 is 0 Å². The summed E-state index contributed by atoms with van der Waals surface area (Å²) < 4.78 is 0. The molecule has 0 spiro atoms. The molecule has 0 aliphatic heterocycles. The van der Waals surface area contributed by atoms with Crippen LogP contribution in [0.2, 0.25) is 0 Å². The van der Waals surface area contributed by atoms with Crippen molar-refractivity contribution >= 4 is 17.3 Å². The minimum atomic E-state index is -0.259. The number of nitrogens with one attached hydrogen (secondary N) is 2. The molecule has 0 atom stereocenters. The maximum Gasteiger partial charge on any atom is 0.254 e. The Morgan fingerprint density at radius 3 is 2.52 bits per heavy atom. The highest BCUT2D eigenvalue weighted by Gasteiger charge is 2.13. The van der Waals surface area contributed by atoms with Gasteiger partial charge in [-0.3, -0.25) is 9.59 Å². The molecule has 0 aliphatic rings. The van der Waals surface area contributed by atoms with E-state index in [0.29, 0.717) is 17.1 Å². The van der Waals surface area contributed by atoms with Gasteiger partial charge in [-0.05, 0) is 44.5 Å². The van der Waals surface area contributed by atoms with E-state index in [1.165, 1.54) is 0 Å². The van der Waals surface area contributed by atoms with Crippen molar-refractivity contribution in [2.24, 2.45) is 0 Å². The lowest BCUT2D eigenvalue weighted by molar-refractivity contribution is -0.115. The molecule has 23 heavy (non-hydrogen) atoms. The van der Waals surface area contributed by atoms with Gasteiger partial charge in [0.2, 0.25) is 5.91 Å². The van der Waals surface area contributed by atoms with Gasteiger partial charge < -0.3 is 15.2 Å². The van der Waals surface area contributed by atoms with Crippen molar-refractivity contribution in [2.75, 3.05) is 24.3 Å². The fraction of sp³-hybridized carbons (Fsp3) is 0.353. The third kappa shape index (κ3) is 3.97. The third-order valence-corrected chi connectivity index (χ3v) is 3.68. The van der Waals surface area contributed by atoms with Crippen molar-refractivity contribution in [3.05, 3.63) is 51.2 Å². The number of anilines is 2. The number of hydrogen-bond acceptors (Lipinski definition) is 4. The summed E-state index contributed by atoms with van der Waals surface area (Å²) in [5.41, 5.74) is 3.50. The first-order valence-electron chi connectivity index (χ1n) is 7.42. The molecule has 2 N–H and O–H groups in total. The first-order chi connectivity index (χ1) is 10.8. The lowest BCUT2D eigenvalue weighted by Gasteiger charge is -2.15. The Morgan fingerprint density at radius 1 is 1.26 bits per heavy atom. The zero-order chi connectivity index (χ0) is 17.1. The standard InChI is InChI=1S/C17H22N4O2/c1-10-8-13(21(4)5)6-7-15(10)20-16(22)9-14-11(2)18-12(3)19-17(14)23/h6-8H,9H2,1-5H3,(H,20,22)(H,18,19,23). The third-order valence-electron chi connectivity index (χ3n) is 3.68. The highest BCUT2D eigenvalue weighted by molar-refractivity contribution is 5.93. The van der Waals surface area contributed by atoms with Gasteiger partial charge in [-0.25, -0.2) is 4.98 Å². The second-order valence-corrected chi connectivity index (χ2v) is 5.83. The van der Waals surface area contributed by atoms with Crippen LogP contribution < -0.4 is 15.8 Å². The van der Waals surface area contributed by atoms with Crippen LogP contribution in [0.5, 0.6) is 0 Å². The number of amides is 1. The van der Waals surface area contributed by atoms with E-state index in [-0.39, 0.29) is 17.9 Å². The molecule has 2 aromatic rings. The predicted molar refractivity (Wildman–Crippen MR) is 92.2 cm³/mol. The number of nitrogens with zero attached hydrogens (tertiary/aromatic N) is 2. The summed E-state index contributed by atoms with van der Waals surface area (Å²) in [6, 6.07) is 5.81. The van der Waals surface area contributed by atoms with Gasteiger partial charge in [0.15, 0.2) is 0 Å². The van der Waals surface area contributed by atoms with E-state index in [0.717, 1.165) is 16.9 Å². The first-order valence-corrected chi connectivity index (χ1v) is 7.42. The molecule has 1 aromatic heterocycles. The summed E-state index contributed by atoms with van der Waals surface area (Å²) in [6.07, 6.45) is 0.00329. The Kier molecular flexibility index (Phi) is 4.83. The SMILES string of the molecule is Cc1nc(C)c(CC(=O)Nc2ccc(N(C)C)cc2C)c(=O)[nH]1. The average Bonchev–Trinajstić information content (AvgIpc) is 2.44. The molecule has 6 nitrogen and oxygen atoms in total. The fourth-order valence-corrected chi connectivity index (χ4v) is 2.38. The molecular formula is C17H22N4O2. The summed E-state index contributed by atoms with van der Waals surface area (Å²) >= 11 is 0. The smallest absolute Gasteiger partial charge is 0.254 e. The number of aromatic nitrogens is 2. The molecule has 122 valence electrons. The van der Waals surface area contributed by atoms with Gasteiger partial charge in [-0.1, -0.05) is 0 Å². The molecule has 0 unspecified atom stereocenters. The second kappa shape index (κ2) is 6.64. The lowest BCUT2D eigenvalue weighted by atomic mass is 10.1. The molecule has 6 heteroatoms. The van der Waals surface area contributed by atoms with Crippen LogP contribution in [-0.2, 0) is 11.2 Å². The summed E-state index contributed by atoms with van der Waals surface area (Å²) in [7, 11) is 3.93. The predicted octanol–water partition coefficient (Wildman–Crippen LogP) is 1.94. The molecule has 1 aromatic carbocycles. The maximum absolute atomic E-state index is 12.2. The second-order valence-electron chi connectivity index (χ2n) is 5.83. The zero-order valence-electron chi connectivity index (χ0n) is 14.2. The van der Waals surface area contributed by atoms with Crippen molar-refractivity contribution in [1.82, 2.24) is 9.97 Å². The minimum Gasteiger partial charge on any atom is -0.378 e. The van der Waals surface area contributed by atoms with Crippen LogP contribution in [0.3, 0.4) is 0 Å². The van der Waals surface area contributed by atoms with Crippen molar-refractivity contribution < 1.29 is 4.79 Å². The Hall–Kier alpha value is -2.63. The van der Waals surface area contributed by atoms with Crippen molar-refractivity contribution in [3.63, 3.8) is 0 Å². The van der Waals surface area contributed by atoms with E-state index in [1.54, 1.807) is 13.8 Å². The largest absolute Gasteiger partial charge is 0.378 e. The van der Waals surface area contributed by atoms with E-state index >= 15 is 0 Å². The number of hydrogen-bond donors (Lipinski definition) is 2. The highest BCUT2D eigenvalue weighted by Crippen LogP contribution is 2.21. The number of rotatable bonds is 4. The van der Waals surface area contributed by atoms with Crippen LogP contribution in [-0.4, -0.2) is 30.0 Å². The molecule has 0 saturated heterocycles. The quantitative estimate of drug-likeness (QED) is 0.904. The van der Waals surface area contributed by atoms with Gasteiger partial charge in [-0.15, -0.1) is 0 Å². The summed E-state index contributed by atoms with van der Waals surface area (Å²) in [5.74, 6) is 0.316. The number of benzene rings is 1. The highest BCUT2D eigenvalue weighted by atomic mass is 16.2. The van der Waals surface area contributed by atoms with Gasteiger partial charge in [0.1, 0.15) is 5.82 Å². The van der Waals surface area contributed by atoms with E-state index in [9.17, 15) is 9.59 Å². The molecular weight excluding hydrogens is 292 g/mol. The monoisotopic (exact) mass is 314 g/mol. The molecule has 2 rings (SSSR count). The zero-order valence-corrected chi connectivity index (χ0v) is 14.2. The van der Waals surface area contributed by atoms with Gasteiger partial charge in [0.05, 0.1) is 6.42 Å². The summed E-state index contributed by atoms with van der Waals surface area (Å²) in [6.45, 7) is 5.39. The topological polar surface area (TPSA) is 78.1 Å². The molecule has 0 radical (unpaired) electrons. The Balaban J connectivity index is 2.16. The summed E-state index contributed by atoms with van der Waals surface area (Å²) in [5, 5.41) is 2.86. The molecule has 0 fully saturated rings. The Labute approximate surface area is 135 Å². The molecule has 0 aliphatic carbocycles. The van der Waals surface area contributed by atoms with E-state index in [1.807, 2.05) is 44.1 Å². The Bertz CT molecular complexity index is 794. The number of aromatic amines is 1. The maximum atomic E-state index is 12.2. The van der Waals surface area contributed by atoms with Crippen molar-refractivity contribution in [1.29, 1.82) is 0 Å². The molecule has 1 amide bonds. The van der Waals surface area contributed by atoms with Gasteiger partial charge in [0, 0.05) is 36.7 Å². The first kappa shape index (κ1) is 16.7. The van der Waals surface area contributed by atoms with Crippen LogP contribution in [0.25, 0.3) is 0 Å². The fourth-order valence-electron chi connectivity index (χ4n) is 2.38. The summed E-state index contributed by atoms with van der Waals surface area (Å²) in [4.78, 5) is 33.0. The van der Waals surface area contributed by atoms with Crippen LogP contribution in [0.15, 0.2) is 23.0 Å². The lowest BCUT2D eigenvalue weighted by Crippen LogP contribution is -2.24. The van der Waals surface area contributed by atoms with E-state index in [4.69, 9.17) is 0 Å². The van der Waals surface area contributed by atoms with Crippen LogP contribution >= 0.6 is 0 Å². The van der Waals surface area contributed by atoms with E-state index in [2.05, 4.69) is 15.3 Å². The van der Waals surface area contributed by atoms with Crippen molar-refractivity contribution in [2.45, 2.75) is 27.2 Å². The number of carbonyl (C=O) groups excluding carboxylic acids is 1. The van der Waals surface area contributed by atoms with Crippen LogP contribution in [0.4, 0.5) is 11.4 Å². The van der Waals surface area contributed by atoms with Gasteiger partial charge >= 0.3 is 0 Å². The average molecular weight is 314 g/mol. The Morgan fingerprint density at radius 2 is 1.96 bits per heavy atom. The normalized spacial score (nSPS) is 10.5. The van der Waals surface area contributed by atoms with Crippen LogP contribution in [0, 0.1) is 20.8 Å². The number of aryl methyl sites for hydroxylation is 3. The number of H-pyrrole nitrogens is 1. The van der Waals surface area contributed by atoms with Gasteiger partial charge in [0.25, 0.3) is 5.56 Å². The van der Waals surface area contributed by atoms with Crippen LogP contribution in [0.1, 0.15) is 22.6 Å². The molecule has 1 heterocycles. The van der Waals surface area contributed by atoms with Crippen molar-refractivity contribution in [3.8, 4) is 0 Å². The molecule has 0 saturated carbocycles. The van der Waals surface area contributed by atoms with Gasteiger partial charge in [-0.2, -0.15) is 0 Å². The molecule has 0 bridgehead atoms. The minimum absolute atomic E-state index is 0.00329. The number of carbonyl (C=O) groups is 1.